The zero-order valence-electron chi connectivity index (χ0n) is 16.1. The second-order valence-electron chi connectivity index (χ2n) is 7.40. The lowest BCUT2D eigenvalue weighted by atomic mass is 9.79. The lowest BCUT2D eigenvalue weighted by molar-refractivity contribution is -0.183. The number of ether oxygens (including phenoxy) is 1. The zero-order chi connectivity index (χ0) is 20.5. The lowest BCUT2D eigenvalue weighted by Gasteiger charge is -2.29. The molecule has 8 heteroatoms. The van der Waals surface area contributed by atoms with E-state index in [0.29, 0.717) is 24.9 Å². The van der Waals surface area contributed by atoms with E-state index in [0.717, 1.165) is 17.0 Å². The Morgan fingerprint density at radius 2 is 1.96 bits per heavy atom. The Morgan fingerprint density at radius 1 is 1.29 bits per heavy atom. The van der Waals surface area contributed by atoms with Gasteiger partial charge in [-0.05, 0) is 63.5 Å². The highest BCUT2D eigenvalue weighted by atomic mass is 19.4. The molecule has 1 fully saturated rings. The predicted molar refractivity (Wildman–Crippen MR) is 98.9 cm³/mol. The molecule has 0 amide bonds. The summed E-state index contributed by atoms with van der Waals surface area (Å²) in [5, 5.41) is 4.27. The number of carbonyl (C=O) groups is 1. The van der Waals surface area contributed by atoms with E-state index >= 15 is 0 Å². The number of nitrogens with zero attached hydrogens (tertiary/aromatic N) is 3. The molecule has 0 N–H and O–H groups in total. The molecule has 0 bridgehead atoms. The highest BCUT2D eigenvalue weighted by Gasteiger charge is 2.41. The van der Waals surface area contributed by atoms with Gasteiger partial charge in [0.2, 0.25) is 0 Å². The first kappa shape index (κ1) is 20.4. The monoisotopic (exact) mass is 395 g/mol. The summed E-state index contributed by atoms with van der Waals surface area (Å²) in [5.74, 6) is -1.54. The summed E-state index contributed by atoms with van der Waals surface area (Å²) in [6.45, 7) is 7.76. The van der Waals surface area contributed by atoms with Crippen molar-refractivity contribution in [2.24, 2.45) is 11.8 Å². The van der Waals surface area contributed by atoms with Crippen LogP contribution >= 0.6 is 0 Å². The van der Waals surface area contributed by atoms with Crippen molar-refractivity contribution in [1.82, 2.24) is 14.6 Å². The van der Waals surface area contributed by atoms with Gasteiger partial charge in [0.1, 0.15) is 0 Å². The molecule has 2 aromatic rings. The van der Waals surface area contributed by atoms with Crippen molar-refractivity contribution in [2.75, 3.05) is 6.61 Å². The number of hydrogen-bond donors (Lipinski definition) is 0. The maximum Gasteiger partial charge on any atom is 0.391 e. The maximum absolute atomic E-state index is 12.9. The normalized spacial score (nSPS) is 20.3. The summed E-state index contributed by atoms with van der Waals surface area (Å²) >= 11 is 0. The van der Waals surface area contributed by atoms with Gasteiger partial charge in [-0.25, -0.2) is 14.3 Å². The van der Waals surface area contributed by atoms with Crippen LogP contribution in [-0.2, 0) is 11.2 Å². The van der Waals surface area contributed by atoms with Crippen LogP contribution in [0.2, 0.25) is 0 Å². The average molecular weight is 395 g/mol. The van der Waals surface area contributed by atoms with Crippen LogP contribution in [0.4, 0.5) is 13.2 Å². The number of rotatable bonds is 5. The largest absolute Gasteiger partial charge is 0.461 e. The Morgan fingerprint density at radius 3 is 2.54 bits per heavy atom. The van der Waals surface area contributed by atoms with Gasteiger partial charge in [0, 0.05) is 11.8 Å². The number of esters is 1. The Kier molecular flexibility index (Phi) is 5.76. The van der Waals surface area contributed by atoms with E-state index in [1.165, 1.54) is 0 Å². The van der Waals surface area contributed by atoms with Crippen molar-refractivity contribution in [1.29, 1.82) is 0 Å². The van der Waals surface area contributed by atoms with E-state index in [1.54, 1.807) is 17.5 Å². The molecule has 0 aromatic carbocycles. The van der Waals surface area contributed by atoms with Crippen LogP contribution in [0.15, 0.2) is 18.7 Å². The third-order valence-corrected chi connectivity index (χ3v) is 5.21. The first-order chi connectivity index (χ1) is 13.2. The van der Waals surface area contributed by atoms with E-state index in [1.807, 2.05) is 13.0 Å². The fraction of sp³-hybridized carbons (Fsp3) is 0.550. The number of carbonyl (C=O) groups excluding carboxylic acids is 1. The second-order valence-corrected chi connectivity index (χ2v) is 7.40. The Hall–Kier alpha value is -2.38. The van der Waals surface area contributed by atoms with Crippen molar-refractivity contribution < 1.29 is 22.7 Å². The molecule has 1 aliphatic rings. The van der Waals surface area contributed by atoms with Crippen LogP contribution < -0.4 is 0 Å². The van der Waals surface area contributed by atoms with E-state index < -0.39 is 18.1 Å². The van der Waals surface area contributed by atoms with Crippen molar-refractivity contribution in [3.8, 4) is 0 Å². The Bertz CT molecular complexity index is 881. The molecule has 1 aliphatic carbocycles. The second kappa shape index (κ2) is 7.93. The van der Waals surface area contributed by atoms with Crippen LogP contribution in [0.5, 0.6) is 0 Å². The maximum atomic E-state index is 12.9. The molecule has 2 heterocycles. The summed E-state index contributed by atoms with van der Waals surface area (Å²) in [4.78, 5) is 16.5. The topological polar surface area (TPSA) is 56.5 Å². The molecule has 5 nitrogen and oxygen atoms in total. The van der Waals surface area contributed by atoms with E-state index in [2.05, 4.69) is 16.7 Å². The van der Waals surface area contributed by atoms with Crippen LogP contribution in [0.1, 0.15) is 61.4 Å². The zero-order valence-corrected chi connectivity index (χ0v) is 16.1. The molecule has 0 aliphatic heterocycles. The number of alkyl halides is 3. The fourth-order valence-corrected chi connectivity index (χ4v) is 3.73. The molecule has 0 radical (unpaired) electrons. The number of hydrogen-bond acceptors (Lipinski definition) is 4. The molecule has 2 aromatic heterocycles. The SMILES string of the molecule is C=C(C)c1cc(CC2CCC(C(F)(F)F)CC2)nc2cc(C(=O)OCC)nn12. The summed E-state index contributed by atoms with van der Waals surface area (Å²) < 4.78 is 45.1. The van der Waals surface area contributed by atoms with Gasteiger partial charge in [0.05, 0.1) is 18.2 Å². The molecule has 1 saturated carbocycles. The van der Waals surface area contributed by atoms with Crippen molar-refractivity contribution in [3.05, 3.63) is 35.8 Å². The van der Waals surface area contributed by atoms with Crippen molar-refractivity contribution in [3.63, 3.8) is 0 Å². The molecule has 0 atom stereocenters. The molecule has 0 spiro atoms. The van der Waals surface area contributed by atoms with Gasteiger partial charge in [-0.1, -0.05) is 6.58 Å². The molecular weight excluding hydrogens is 371 g/mol. The minimum Gasteiger partial charge on any atom is -0.461 e. The first-order valence-electron chi connectivity index (χ1n) is 9.48. The summed E-state index contributed by atoms with van der Waals surface area (Å²) in [5.41, 5.74) is 2.92. The number of aromatic nitrogens is 3. The molecule has 0 unspecified atom stereocenters. The molecular formula is C20H24F3N3O2. The predicted octanol–water partition coefficient (Wildman–Crippen LogP) is 4.85. The van der Waals surface area contributed by atoms with Crippen LogP contribution in [0.3, 0.4) is 0 Å². The number of allylic oxidation sites excluding steroid dienone is 1. The van der Waals surface area contributed by atoms with Gasteiger partial charge >= 0.3 is 12.1 Å². The standard InChI is InChI=1S/C20H24F3N3O2/c1-4-28-19(27)16-11-18-24-15(10-17(12(2)3)26(18)25-16)9-13-5-7-14(8-6-13)20(21,22)23/h10-11,13-14H,2,4-9H2,1,3H3. The summed E-state index contributed by atoms with van der Waals surface area (Å²) in [6, 6.07) is 3.42. The highest BCUT2D eigenvalue weighted by molar-refractivity contribution is 5.88. The van der Waals surface area contributed by atoms with Gasteiger partial charge in [-0.3, -0.25) is 0 Å². The van der Waals surface area contributed by atoms with E-state index in [9.17, 15) is 18.0 Å². The minimum atomic E-state index is -4.10. The third kappa shape index (κ3) is 4.36. The minimum absolute atomic E-state index is 0.166. The van der Waals surface area contributed by atoms with Crippen LogP contribution in [-0.4, -0.2) is 33.4 Å². The summed E-state index contributed by atoms with van der Waals surface area (Å²) in [6.07, 6.45) is -2.09. The average Bonchev–Trinajstić information content (AvgIpc) is 3.05. The van der Waals surface area contributed by atoms with Gasteiger partial charge < -0.3 is 4.74 Å². The number of fused-ring (bicyclic) bond motifs is 1. The van der Waals surface area contributed by atoms with Gasteiger partial charge in [0.25, 0.3) is 0 Å². The Labute approximate surface area is 161 Å². The smallest absolute Gasteiger partial charge is 0.391 e. The Balaban J connectivity index is 1.82. The van der Waals surface area contributed by atoms with Gasteiger partial charge in [0.15, 0.2) is 11.3 Å². The quantitative estimate of drug-likeness (QED) is 0.679. The van der Waals surface area contributed by atoms with E-state index in [-0.39, 0.29) is 31.1 Å². The highest BCUT2D eigenvalue weighted by Crippen LogP contribution is 2.40. The van der Waals surface area contributed by atoms with Crippen LogP contribution in [0.25, 0.3) is 11.2 Å². The lowest BCUT2D eigenvalue weighted by Crippen LogP contribution is -2.28. The summed E-state index contributed by atoms with van der Waals surface area (Å²) in [7, 11) is 0. The van der Waals surface area contributed by atoms with Crippen molar-refractivity contribution >= 4 is 17.2 Å². The molecule has 28 heavy (non-hydrogen) atoms. The molecule has 152 valence electrons. The molecule has 3 rings (SSSR count). The van der Waals surface area contributed by atoms with E-state index in [4.69, 9.17) is 4.74 Å². The third-order valence-electron chi connectivity index (χ3n) is 5.21. The first-order valence-corrected chi connectivity index (χ1v) is 9.48. The fourth-order valence-electron chi connectivity index (χ4n) is 3.73. The van der Waals surface area contributed by atoms with Gasteiger partial charge in [-0.2, -0.15) is 18.3 Å². The van der Waals surface area contributed by atoms with Crippen molar-refractivity contribution in [2.45, 2.75) is 52.1 Å². The van der Waals surface area contributed by atoms with Gasteiger partial charge in [-0.15, -0.1) is 0 Å². The molecule has 0 saturated heterocycles. The number of halogens is 3. The van der Waals surface area contributed by atoms with Crippen LogP contribution in [0, 0.1) is 11.8 Å².